The van der Waals surface area contributed by atoms with Crippen LogP contribution in [-0.4, -0.2) is 11.2 Å². The molecule has 152 valence electrons. The zero-order chi connectivity index (χ0) is 21.0. The summed E-state index contributed by atoms with van der Waals surface area (Å²) in [7, 11) is 0. The van der Waals surface area contributed by atoms with Crippen molar-refractivity contribution in [2.45, 2.75) is 6.61 Å². The Balaban J connectivity index is 1.42. The van der Waals surface area contributed by atoms with E-state index in [0.717, 1.165) is 43.0 Å². The average molecular weight is 444 g/mol. The molecule has 0 fully saturated rings. The van der Waals surface area contributed by atoms with Crippen molar-refractivity contribution in [3.63, 3.8) is 0 Å². The molecule has 31 heavy (non-hydrogen) atoms. The normalized spacial score (nSPS) is 11.4. The first-order chi connectivity index (χ1) is 15.3. The van der Waals surface area contributed by atoms with Crippen LogP contribution in [0.3, 0.4) is 0 Å². The highest BCUT2D eigenvalue weighted by Crippen LogP contribution is 2.28. The molecular formula is C25H18ClN3OS. The van der Waals surface area contributed by atoms with Crippen molar-refractivity contribution in [3.8, 4) is 5.75 Å². The van der Waals surface area contributed by atoms with Crippen LogP contribution in [-0.2, 0) is 6.61 Å². The molecule has 0 amide bonds. The van der Waals surface area contributed by atoms with Crippen LogP contribution in [0.2, 0.25) is 5.02 Å². The molecule has 0 bridgehead atoms. The fraction of sp³-hybridized carbons (Fsp3) is 0.0400. The largest absolute Gasteiger partial charge is 0.488 e. The number of hydrazone groups is 1. The molecule has 4 aromatic carbocycles. The Labute approximate surface area is 188 Å². The third-order valence-electron chi connectivity index (χ3n) is 4.89. The van der Waals surface area contributed by atoms with Crippen molar-refractivity contribution >= 4 is 55.3 Å². The fourth-order valence-electron chi connectivity index (χ4n) is 3.35. The molecule has 0 saturated carbocycles. The molecule has 4 nitrogen and oxygen atoms in total. The summed E-state index contributed by atoms with van der Waals surface area (Å²) in [5, 5.41) is 8.13. The van der Waals surface area contributed by atoms with Crippen LogP contribution >= 0.6 is 22.9 Å². The van der Waals surface area contributed by atoms with Crippen LogP contribution < -0.4 is 10.2 Å². The van der Waals surface area contributed by atoms with Crippen molar-refractivity contribution in [1.29, 1.82) is 0 Å². The van der Waals surface area contributed by atoms with E-state index in [0.29, 0.717) is 11.6 Å². The first kappa shape index (κ1) is 19.5. The van der Waals surface area contributed by atoms with Crippen LogP contribution in [0, 0.1) is 0 Å². The summed E-state index contributed by atoms with van der Waals surface area (Å²) in [6.07, 6.45) is 1.80. The minimum Gasteiger partial charge on any atom is -0.488 e. The number of benzene rings is 4. The molecule has 5 rings (SSSR count). The third-order valence-corrected chi connectivity index (χ3v) is 6.08. The van der Waals surface area contributed by atoms with E-state index in [4.69, 9.17) is 16.3 Å². The lowest BCUT2D eigenvalue weighted by Crippen LogP contribution is -2.00. The summed E-state index contributed by atoms with van der Waals surface area (Å²) in [5.41, 5.74) is 5.99. The number of nitrogens with one attached hydrogen (secondary N) is 1. The van der Waals surface area contributed by atoms with Crippen LogP contribution in [0.15, 0.2) is 90.0 Å². The molecule has 0 atom stereocenters. The van der Waals surface area contributed by atoms with E-state index in [2.05, 4.69) is 39.8 Å². The van der Waals surface area contributed by atoms with Crippen LogP contribution in [0.25, 0.3) is 21.0 Å². The van der Waals surface area contributed by atoms with Gasteiger partial charge in [-0.3, -0.25) is 5.43 Å². The summed E-state index contributed by atoms with van der Waals surface area (Å²) >= 11 is 7.55. The molecule has 0 radical (unpaired) electrons. The molecule has 6 heteroatoms. The van der Waals surface area contributed by atoms with Crippen molar-refractivity contribution in [2.24, 2.45) is 5.10 Å². The number of aromatic nitrogens is 1. The SMILES string of the molecule is Clc1ccc(COc2ccc3ccccc3c2/C=N\Nc2nc3ccccc3s2)cc1. The molecule has 0 saturated heterocycles. The fourth-order valence-corrected chi connectivity index (χ4v) is 4.29. The van der Waals surface area contributed by atoms with Crippen molar-refractivity contribution in [1.82, 2.24) is 4.98 Å². The molecule has 0 aliphatic carbocycles. The standard InChI is InChI=1S/C25H18ClN3OS/c26-19-12-9-17(10-13-19)16-30-23-14-11-18-5-1-2-6-20(18)21(23)15-27-29-25-28-22-7-3-4-8-24(22)31-25/h1-15H,16H2,(H,28,29)/b27-15-. The van der Waals surface area contributed by atoms with Gasteiger partial charge in [0, 0.05) is 10.6 Å². The van der Waals surface area contributed by atoms with Gasteiger partial charge < -0.3 is 4.74 Å². The summed E-state index contributed by atoms with van der Waals surface area (Å²) in [6.45, 7) is 0.446. The Morgan fingerprint density at radius 1 is 0.935 bits per heavy atom. The molecule has 0 aliphatic rings. The molecular weight excluding hydrogens is 426 g/mol. The summed E-state index contributed by atoms with van der Waals surface area (Å²) in [5.74, 6) is 0.767. The minimum atomic E-state index is 0.446. The highest BCUT2D eigenvalue weighted by molar-refractivity contribution is 7.22. The summed E-state index contributed by atoms with van der Waals surface area (Å²) in [4.78, 5) is 4.56. The van der Waals surface area contributed by atoms with Gasteiger partial charge in [-0.25, -0.2) is 4.98 Å². The maximum Gasteiger partial charge on any atom is 0.204 e. The van der Waals surface area contributed by atoms with Gasteiger partial charge in [-0.15, -0.1) is 0 Å². The van der Waals surface area contributed by atoms with E-state index in [1.807, 2.05) is 60.7 Å². The van der Waals surface area contributed by atoms with E-state index in [9.17, 15) is 0 Å². The zero-order valence-electron chi connectivity index (χ0n) is 16.5. The molecule has 0 aliphatic heterocycles. The summed E-state index contributed by atoms with van der Waals surface area (Å²) < 4.78 is 7.27. The number of rotatable bonds is 6. The van der Waals surface area contributed by atoms with Gasteiger partial charge in [0.15, 0.2) is 0 Å². The highest BCUT2D eigenvalue weighted by atomic mass is 35.5. The zero-order valence-corrected chi connectivity index (χ0v) is 18.0. The number of anilines is 1. The monoisotopic (exact) mass is 443 g/mol. The Hall–Kier alpha value is -3.41. The number of hydrogen-bond donors (Lipinski definition) is 1. The van der Waals surface area contributed by atoms with Crippen molar-refractivity contribution in [2.75, 3.05) is 5.43 Å². The number of nitrogens with zero attached hydrogens (tertiary/aromatic N) is 2. The first-order valence-electron chi connectivity index (χ1n) is 9.80. The quantitative estimate of drug-likeness (QED) is 0.224. The summed E-state index contributed by atoms with van der Waals surface area (Å²) in [6, 6.07) is 27.9. The number of halogens is 1. The molecule has 0 unspecified atom stereocenters. The second-order valence-corrected chi connectivity index (χ2v) is 8.44. The number of thiazole rings is 1. The lowest BCUT2D eigenvalue weighted by atomic mass is 10.0. The predicted molar refractivity (Wildman–Crippen MR) is 131 cm³/mol. The lowest BCUT2D eigenvalue weighted by molar-refractivity contribution is 0.306. The number of hydrogen-bond acceptors (Lipinski definition) is 5. The lowest BCUT2D eigenvalue weighted by Gasteiger charge is -2.12. The minimum absolute atomic E-state index is 0.446. The van der Waals surface area contributed by atoms with Crippen LogP contribution in [0.4, 0.5) is 5.13 Å². The van der Waals surface area contributed by atoms with Gasteiger partial charge in [0.1, 0.15) is 12.4 Å². The van der Waals surface area contributed by atoms with Gasteiger partial charge in [0.05, 0.1) is 16.4 Å². The maximum atomic E-state index is 6.15. The second-order valence-electron chi connectivity index (χ2n) is 6.97. The Morgan fingerprint density at radius 3 is 2.61 bits per heavy atom. The van der Waals surface area contributed by atoms with Gasteiger partial charge in [-0.2, -0.15) is 5.10 Å². The van der Waals surface area contributed by atoms with Crippen molar-refractivity contribution < 1.29 is 4.74 Å². The first-order valence-corrected chi connectivity index (χ1v) is 11.0. The molecule has 5 aromatic rings. The number of ether oxygens (including phenoxy) is 1. The molecule has 1 aromatic heterocycles. The number of fused-ring (bicyclic) bond motifs is 2. The van der Waals surface area contributed by atoms with E-state index in [-0.39, 0.29) is 0 Å². The second kappa shape index (κ2) is 8.76. The molecule has 0 spiro atoms. The van der Waals surface area contributed by atoms with Crippen LogP contribution in [0.1, 0.15) is 11.1 Å². The Morgan fingerprint density at radius 2 is 1.74 bits per heavy atom. The third kappa shape index (κ3) is 4.38. The maximum absolute atomic E-state index is 6.15. The van der Waals surface area contributed by atoms with Crippen LogP contribution in [0.5, 0.6) is 5.75 Å². The van der Waals surface area contributed by atoms with Gasteiger partial charge in [0.25, 0.3) is 0 Å². The van der Waals surface area contributed by atoms with Gasteiger partial charge in [-0.1, -0.05) is 77.5 Å². The van der Waals surface area contributed by atoms with Gasteiger partial charge >= 0.3 is 0 Å². The molecule has 1 heterocycles. The highest BCUT2D eigenvalue weighted by Gasteiger charge is 2.08. The molecule has 1 N–H and O–H groups in total. The van der Waals surface area contributed by atoms with Crippen molar-refractivity contribution in [3.05, 3.63) is 101 Å². The smallest absolute Gasteiger partial charge is 0.204 e. The van der Waals surface area contributed by atoms with Gasteiger partial charge in [0.2, 0.25) is 5.13 Å². The Kier molecular flexibility index (Phi) is 5.52. The topological polar surface area (TPSA) is 46.5 Å². The van der Waals surface area contributed by atoms with E-state index < -0.39 is 0 Å². The van der Waals surface area contributed by atoms with E-state index in [1.54, 1.807) is 17.6 Å². The van der Waals surface area contributed by atoms with Gasteiger partial charge in [-0.05, 0) is 46.7 Å². The van der Waals surface area contributed by atoms with E-state index >= 15 is 0 Å². The van der Waals surface area contributed by atoms with E-state index in [1.165, 1.54) is 0 Å². The number of para-hydroxylation sites is 1. The Bertz CT molecular complexity index is 1350. The average Bonchev–Trinajstić information content (AvgIpc) is 3.22. The predicted octanol–water partition coefficient (Wildman–Crippen LogP) is 7.13.